The highest BCUT2D eigenvalue weighted by Gasteiger charge is 2.02. The third-order valence-electron chi connectivity index (χ3n) is 1.82. The SMILES string of the molecule is CN(CCC(=N)N)c1ccc(F)cn1. The van der Waals surface area contributed by atoms with E-state index in [1.807, 2.05) is 11.9 Å². The normalized spacial score (nSPS) is 9.86. The molecular weight excluding hydrogens is 183 g/mol. The lowest BCUT2D eigenvalue weighted by atomic mass is 10.3. The molecule has 3 N–H and O–H groups in total. The van der Waals surface area contributed by atoms with E-state index in [2.05, 4.69) is 4.98 Å². The molecule has 76 valence electrons. The summed E-state index contributed by atoms with van der Waals surface area (Å²) in [5.41, 5.74) is 5.22. The highest BCUT2D eigenvalue weighted by Crippen LogP contribution is 2.08. The molecule has 0 aromatic carbocycles. The van der Waals surface area contributed by atoms with Gasteiger partial charge in [-0.25, -0.2) is 9.37 Å². The summed E-state index contributed by atoms with van der Waals surface area (Å²) in [4.78, 5) is 5.72. The number of halogens is 1. The van der Waals surface area contributed by atoms with Gasteiger partial charge in [-0.05, 0) is 12.1 Å². The predicted octanol–water partition coefficient (Wildman–Crippen LogP) is 0.983. The van der Waals surface area contributed by atoms with Crippen LogP contribution in [0.4, 0.5) is 10.2 Å². The van der Waals surface area contributed by atoms with Gasteiger partial charge in [-0.1, -0.05) is 0 Å². The molecule has 1 rings (SSSR count). The summed E-state index contributed by atoms with van der Waals surface area (Å²) in [6, 6.07) is 2.95. The minimum Gasteiger partial charge on any atom is -0.388 e. The molecule has 0 spiro atoms. The lowest BCUT2D eigenvalue weighted by molar-refractivity contribution is 0.621. The Balaban J connectivity index is 2.56. The van der Waals surface area contributed by atoms with Crippen LogP contribution in [0, 0.1) is 11.2 Å². The summed E-state index contributed by atoms with van der Waals surface area (Å²) in [7, 11) is 1.82. The van der Waals surface area contributed by atoms with Crippen LogP contribution in [0.1, 0.15) is 6.42 Å². The second kappa shape index (κ2) is 4.55. The molecule has 0 amide bonds. The van der Waals surface area contributed by atoms with E-state index in [9.17, 15) is 4.39 Å². The standard InChI is InChI=1S/C9H13FN4/c1-14(5-4-8(11)12)9-3-2-7(10)6-13-9/h2-3,6H,4-5H2,1H3,(H3,11,12). The Kier molecular flexibility index (Phi) is 3.39. The van der Waals surface area contributed by atoms with E-state index in [1.54, 1.807) is 6.07 Å². The van der Waals surface area contributed by atoms with Gasteiger partial charge in [-0.15, -0.1) is 0 Å². The van der Waals surface area contributed by atoms with E-state index >= 15 is 0 Å². The van der Waals surface area contributed by atoms with E-state index < -0.39 is 0 Å². The summed E-state index contributed by atoms with van der Waals surface area (Å²) >= 11 is 0. The molecule has 0 radical (unpaired) electrons. The van der Waals surface area contributed by atoms with Gasteiger partial charge in [0.25, 0.3) is 0 Å². The first-order valence-corrected chi connectivity index (χ1v) is 4.25. The Morgan fingerprint density at radius 2 is 2.36 bits per heavy atom. The molecular formula is C9H13FN4. The van der Waals surface area contributed by atoms with Crippen molar-refractivity contribution in [2.24, 2.45) is 5.73 Å². The second-order valence-corrected chi connectivity index (χ2v) is 3.03. The number of nitrogens with zero attached hydrogens (tertiary/aromatic N) is 2. The average molecular weight is 196 g/mol. The molecule has 0 bridgehead atoms. The van der Waals surface area contributed by atoms with Crippen LogP contribution in [0.3, 0.4) is 0 Å². The minimum absolute atomic E-state index is 0.138. The summed E-state index contributed by atoms with van der Waals surface area (Å²) in [5.74, 6) is 0.459. The third kappa shape index (κ3) is 3.01. The first-order valence-electron chi connectivity index (χ1n) is 4.25. The number of aromatic nitrogens is 1. The van der Waals surface area contributed by atoms with Crippen LogP contribution >= 0.6 is 0 Å². The Labute approximate surface area is 82.1 Å². The summed E-state index contributed by atoms with van der Waals surface area (Å²) in [6.45, 7) is 0.605. The maximum atomic E-state index is 12.5. The number of amidine groups is 1. The fraction of sp³-hybridized carbons (Fsp3) is 0.333. The van der Waals surface area contributed by atoms with E-state index in [-0.39, 0.29) is 11.7 Å². The van der Waals surface area contributed by atoms with Crippen LogP contribution in [-0.2, 0) is 0 Å². The molecule has 1 aromatic rings. The van der Waals surface area contributed by atoms with E-state index in [0.29, 0.717) is 18.8 Å². The van der Waals surface area contributed by atoms with Crippen LogP contribution in [0.25, 0.3) is 0 Å². The van der Waals surface area contributed by atoms with Crippen LogP contribution in [-0.4, -0.2) is 24.4 Å². The van der Waals surface area contributed by atoms with Gasteiger partial charge in [-0.2, -0.15) is 0 Å². The zero-order valence-electron chi connectivity index (χ0n) is 8.00. The molecule has 1 heterocycles. The van der Waals surface area contributed by atoms with Crippen LogP contribution in [0.2, 0.25) is 0 Å². The monoisotopic (exact) mass is 196 g/mol. The Morgan fingerprint density at radius 3 is 2.86 bits per heavy atom. The highest BCUT2D eigenvalue weighted by atomic mass is 19.1. The van der Waals surface area contributed by atoms with E-state index in [0.717, 1.165) is 0 Å². The quantitative estimate of drug-likeness (QED) is 0.557. The van der Waals surface area contributed by atoms with Gasteiger partial charge >= 0.3 is 0 Å². The molecule has 0 fully saturated rings. The zero-order valence-corrected chi connectivity index (χ0v) is 8.00. The van der Waals surface area contributed by atoms with Gasteiger partial charge in [0.05, 0.1) is 12.0 Å². The largest absolute Gasteiger partial charge is 0.388 e. The Hall–Kier alpha value is -1.65. The number of nitrogens with two attached hydrogens (primary N) is 1. The second-order valence-electron chi connectivity index (χ2n) is 3.03. The number of hydrogen-bond donors (Lipinski definition) is 2. The number of nitrogens with one attached hydrogen (secondary N) is 1. The van der Waals surface area contributed by atoms with Gasteiger partial charge < -0.3 is 10.6 Å². The molecule has 0 unspecified atom stereocenters. The van der Waals surface area contributed by atoms with Gasteiger partial charge in [-0.3, -0.25) is 5.41 Å². The Bertz CT molecular complexity index is 309. The Morgan fingerprint density at radius 1 is 1.64 bits per heavy atom. The maximum absolute atomic E-state index is 12.5. The van der Waals surface area contributed by atoms with Crippen molar-refractivity contribution in [2.45, 2.75) is 6.42 Å². The molecule has 1 aromatic heterocycles. The molecule has 4 nitrogen and oxygen atoms in total. The fourth-order valence-electron chi connectivity index (χ4n) is 0.997. The van der Waals surface area contributed by atoms with E-state index in [1.165, 1.54) is 12.3 Å². The van der Waals surface area contributed by atoms with Crippen molar-refractivity contribution in [2.75, 3.05) is 18.5 Å². The first-order chi connectivity index (χ1) is 6.59. The highest BCUT2D eigenvalue weighted by molar-refractivity contribution is 5.77. The number of anilines is 1. The van der Waals surface area contributed by atoms with Crippen molar-refractivity contribution in [1.82, 2.24) is 4.98 Å². The van der Waals surface area contributed by atoms with Gasteiger partial charge in [0, 0.05) is 20.0 Å². The molecule has 0 saturated heterocycles. The van der Waals surface area contributed by atoms with Gasteiger partial charge in [0.1, 0.15) is 11.6 Å². The van der Waals surface area contributed by atoms with Crippen molar-refractivity contribution >= 4 is 11.7 Å². The van der Waals surface area contributed by atoms with Gasteiger partial charge in [0.2, 0.25) is 0 Å². The van der Waals surface area contributed by atoms with Crippen molar-refractivity contribution in [3.8, 4) is 0 Å². The molecule has 0 aliphatic carbocycles. The smallest absolute Gasteiger partial charge is 0.141 e. The molecule has 0 saturated carbocycles. The number of rotatable bonds is 4. The van der Waals surface area contributed by atoms with Crippen LogP contribution in [0.5, 0.6) is 0 Å². The number of hydrogen-bond acceptors (Lipinski definition) is 3. The van der Waals surface area contributed by atoms with Crippen molar-refractivity contribution in [3.05, 3.63) is 24.1 Å². The predicted molar refractivity (Wildman–Crippen MR) is 54.0 cm³/mol. The van der Waals surface area contributed by atoms with Gasteiger partial charge in [0.15, 0.2) is 0 Å². The van der Waals surface area contributed by atoms with Crippen molar-refractivity contribution in [3.63, 3.8) is 0 Å². The first kappa shape index (κ1) is 10.4. The van der Waals surface area contributed by atoms with E-state index in [4.69, 9.17) is 11.1 Å². The molecule has 0 aliphatic rings. The lowest BCUT2D eigenvalue weighted by Gasteiger charge is -2.17. The zero-order chi connectivity index (χ0) is 10.6. The topological polar surface area (TPSA) is 66.0 Å². The summed E-state index contributed by atoms with van der Waals surface area (Å²) < 4.78 is 12.5. The van der Waals surface area contributed by atoms with Crippen molar-refractivity contribution in [1.29, 1.82) is 5.41 Å². The lowest BCUT2D eigenvalue weighted by Crippen LogP contribution is -2.24. The molecule has 0 atom stereocenters. The molecule has 0 aliphatic heterocycles. The average Bonchev–Trinajstić information content (AvgIpc) is 2.15. The van der Waals surface area contributed by atoms with Crippen LogP contribution in [0.15, 0.2) is 18.3 Å². The van der Waals surface area contributed by atoms with Crippen LogP contribution < -0.4 is 10.6 Å². The fourth-order valence-corrected chi connectivity index (χ4v) is 0.997. The maximum Gasteiger partial charge on any atom is 0.141 e. The summed E-state index contributed by atoms with van der Waals surface area (Å²) in [5, 5.41) is 7.05. The van der Waals surface area contributed by atoms with Crippen molar-refractivity contribution < 1.29 is 4.39 Å². The minimum atomic E-state index is -0.353. The number of pyridine rings is 1. The third-order valence-corrected chi connectivity index (χ3v) is 1.82. The molecule has 5 heteroatoms. The molecule has 14 heavy (non-hydrogen) atoms. The summed E-state index contributed by atoms with van der Waals surface area (Å²) in [6.07, 6.45) is 1.65.